The lowest BCUT2D eigenvalue weighted by Crippen LogP contribution is -2.06. The summed E-state index contributed by atoms with van der Waals surface area (Å²) in [4.78, 5) is 4.36. The Bertz CT molecular complexity index is 746. The lowest BCUT2D eigenvalue weighted by molar-refractivity contribution is 0.768. The highest BCUT2D eigenvalue weighted by Gasteiger charge is 2.04. The smallest absolute Gasteiger partial charge is 0.0568 e. The van der Waals surface area contributed by atoms with Gasteiger partial charge >= 0.3 is 0 Å². The summed E-state index contributed by atoms with van der Waals surface area (Å²) in [7, 11) is 3.86. The summed E-state index contributed by atoms with van der Waals surface area (Å²) in [6, 6.07) is 12.7. The minimum absolute atomic E-state index is 0.774. The van der Waals surface area contributed by atoms with Crippen LogP contribution < -0.4 is 5.32 Å². The average molecular weight is 278 g/mol. The Morgan fingerprint density at radius 2 is 1.81 bits per heavy atom. The fourth-order valence-corrected chi connectivity index (χ4v) is 2.38. The molecule has 1 N–H and O–H groups in total. The molecule has 0 saturated heterocycles. The van der Waals surface area contributed by atoms with Gasteiger partial charge in [-0.05, 0) is 41.9 Å². The summed E-state index contributed by atoms with van der Waals surface area (Å²) in [5.41, 5.74) is 5.72. The molecular weight excluding hydrogens is 260 g/mol. The third-order valence-electron chi connectivity index (χ3n) is 3.41. The molecule has 1 aromatic carbocycles. The van der Waals surface area contributed by atoms with E-state index in [0.29, 0.717) is 0 Å². The maximum absolute atomic E-state index is 4.36. The molecule has 0 aliphatic carbocycles. The van der Waals surface area contributed by atoms with Crippen LogP contribution in [0.4, 0.5) is 0 Å². The van der Waals surface area contributed by atoms with Gasteiger partial charge in [-0.2, -0.15) is 5.10 Å². The molecule has 4 nitrogen and oxygen atoms in total. The van der Waals surface area contributed by atoms with Crippen molar-refractivity contribution < 1.29 is 0 Å². The van der Waals surface area contributed by atoms with Crippen molar-refractivity contribution in [2.75, 3.05) is 7.05 Å². The summed E-state index contributed by atoms with van der Waals surface area (Å²) >= 11 is 0. The molecule has 0 spiro atoms. The second-order valence-corrected chi connectivity index (χ2v) is 5.05. The molecule has 0 aliphatic rings. The number of rotatable bonds is 4. The van der Waals surface area contributed by atoms with Gasteiger partial charge in [0.25, 0.3) is 0 Å². The van der Waals surface area contributed by atoms with Crippen LogP contribution >= 0.6 is 0 Å². The van der Waals surface area contributed by atoms with E-state index >= 15 is 0 Å². The predicted molar refractivity (Wildman–Crippen MR) is 84.6 cm³/mol. The number of benzene rings is 1. The van der Waals surface area contributed by atoms with E-state index in [1.807, 2.05) is 43.4 Å². The zero-order valence-electron chi connectivity index (χ0n) is 12.2. The molecule has 106 valence electrons. The molecule has 2 aromatic heterocycles. The second-order valence-electron chi connectivity index (χ2n) is 5.05. The van der Waals surface area contributed by atoms with Gasteiger partial charge in [-0.25, -0.2) is 0 Å². The molecular formula is C17H18N4. The van der Waals surface area contributed by atoms with Gasteiger partial charge in [0.2, 0.25) is 0 Å². The average Bonchev–Trinajstić information content (AvgIpc) is 2.95. The summed E-state index contributed by atoms with van der Waals surface area (Å²) < 4.78 is 1.82. The largest absolute Gasteiger partial charge is 0.314 e. The van der Waals surface area contributed by atoms with Crippen LogP contribution in [0.3, 0.4) is 0 Å². The van der Waals surface area contributed by atoms with Gasteiger partial charge in [-0.15, -0.1) is 0 Å². The van der Waals surface area contributed by atoms with Gasteiger partial charge in [0.15, 0.2) is 0 Å². The van der Waals surface area contributed by atoms with Crippen LogP contribution in [0.1, 0.15) is 5.69 Å². The molecule has 0 aliphatic heterocycles. The van der Waals surface area contributed by atoms with Crippen LogP contribution in [0.2, 0.25) is 0 Å². The number of pyridine rings is 1. The van der Waals surface area contributed by atoms with Crippen LogP contribution in [0.25, 0.3) is 22.3 Å². The Balaban J connectivity index is 1.97. The molecule has 3 rings (SSSR count). The van der Waals surface area contributed by atoms with Crippen molar-refractivity contribution in [2.24, 2.45) is 7.05 Å². The zero-order chi connectivity index (χ0) is 14.7. The molecule has 2 heterocycles. The molecule has 21 heavy (non-hydrogen) atoms. The molecule has 0 radical (unpaired) electrons. The second kappa shape index (κ2) is 5.89. The Labute approximate surface area is 124 Å². The third-order valence-corrected chi connectivity index (χ3v) is 3.41. The Hall–Kier alpha value is -2.46. The molecule has 0 unspecified atom stereocenters. The Kier molecular flexibility index (Phi) is 3.79. The van der Waals surface area contributed by atoms with E-state index in [4.69, 9.17) is 0 Å². The van der Waals surface area contributed by atoms with Crippen molar-refractivity contribution >= 4 is 0 Å². The first-order chi connectivity index (χ1) is 10.3. The number of aryl methyl sites for hydroxylation is 1. The topological polar surface area (TPSA) is 42.7 Å². The van der Waals surface area contributed by atoms with Gasteiger partial charge in [0.1, 0.15) is 0 Å². The maximum atomic E-state index is 4.36. The van der Waals surface area contributed by atoms with E-state index in [1.54, 1.807) is 0 Å². The highest BCUT2D eigenvalue weighted by Crippen LogP contribution is 2.26. The number of aromatic nitrogens is 3. The fourth-order valence-electron chi connectivity index (χ4n) is 2.38. The van der Waals surface area contributed by atoms with Gasteiger partial charge in [0.05, 0.1) is 11.9 Å². The van der Waals surface area contributed by atoms with Crippen molar-refractivity contribution in [1.82, 2.24) is 20.1 Å². The predicted octanol–water partition coefficient (Wildman–Crippen LogP) is 2.87. The number of hydrogen-bond acceptors (Lipinski definition) is 3. The third kappa shape index (κ3) is 3.01. The van der Waals surface area contributed by atoms with Crippen molar-refractivity contribution in [3.05, 3.63) is 60.7 Å². The van der Waals surface area contributed by atoms with Gasteiger partial charge in [0, 0.05) is 31.5 Å². The van der Waals surface area contributed by atoms with E-state index in [1.165, 1.54) is 16.7 Å². The summed E-state index contributed by atoms with van der Waals surface area (Å²) in [6.45, 7) is 0.774. The van der Waals surface area contributed by atoms with E-state index in [9.17, 15) is 0 Å². The van der Waals surface area contributed by atoms with Crippen molar-refractivity contribution in [1.29, 1.82) is 0 Å². The van der Waals surface area contributed by atoms with Gasteiger partial charge in [-0.1, -0.05) is 18.2 Å². The van der Waals surface area contributed by atoms with Crippen LogP contribution in [0.15, 0.2) is 55.0 Å². The fraction of sp³-hybridized carbons (Fsp3) is 0.176. The highest BCUT2D eigenvalue weighted by molar-refractivity contribution is 5.72. The van der Waals surface area contributed by atoms with Crippen LogP contribution in [-0.2, 0) is 13.6 Å². The zero-order valence-corrected chi connectivity index (χ0v) is 12.2. The first-order valence-corrected chi connectivity index (χ1v) is 6.95. The van der Waals surface area contributed by atoms with Crippen molar-refractivity contribution in [3.8, 4) is 22.3 Å². The maximum Gasteiger partial charge on any atom is 0.0568 e. The molecule has 0 bridgehead atoms. The quantitative estimate of drug-likeness (QED) is 0.798. The van der Waals surface area contributed by atoms with Crippen molar-refractivity contribution in [2.45, 2.75) is 6.54 Å². The van der Waals surface area contributed by atoms with Crippen LogP contribution in [-0.4, -0.2) is 21.8 Å². The first-order valence-electron chi connectivity index (χ1n) is 6.95. The summed E-state index contributed by atoms with van der Waals surface area (Å²) in [6.07, 6.45) is 5.77. The number of nitrogens with one attached hydrogen (secondary N) is 1. The summed E-state index contributed by atoms with van der Waals surface area (Å²) in [5.74, 6) is 0. The van der Waals surface area contributed by atoms with E-state index in [-0.39, 0.29) is 0 Å². The SMILES string of the molecule is CNCc1cc(-c2cccc(-c3cnn(C)c3)c2)ccn1. The van der Waals surface area contributed by atoms with E-state index in [2.05, 4.69) is 45.7 Å². The Morgan fingerprint density at radius 3 is 2.52 bits per heavy atom. The highest BCUT2D eigenvalue weighted by atomic mass is 15.2. The molecule has 0 fully saturated rings. The summed E-state index contributed by atoms with van der Waals surface area (Å²) in [5, 5.41) is 7.36. The van der Waals surface area contributed by atoms with Crippen molar-refractivity contribution in [3.63, 3.8) is 0 Å². The van der Waals surface area contributed by atoms with Gasteiger partial charge in [-0.3, -0.25) is 9.67 Å². The number of nitrogens with zero attached hydrogens (tertiary/aromatic N) is 3. The molecule has 3 aromatic rings. The lowest BCUT2D eigenvalue weighted by Gasteiger charge is -2.06. The minimum Gasteiger partial charge on any atom is -0.314 e. The molecule has 0 amide bonds. The monoisotopic (exact) mass is 278 g/mol. The van der Waals surface area contributed by atoms with E-state index in [0.717, 1.165) is 17.8 Å². The first kappa shape index (κ1) is 13.5. The normalized spacial score (nSPS) is 10.8. The molecule has 4 heteroatoms. The standard InChI is InChI=1S/C17H18N4/c1-18-11-17-9-15(6-7-19-17)13-4-3-5-14(8-13)16-10-20-21(2)12-16/h3-10,12,18H,11H2,1-2H3. The van der Waals surface area contributed by atoms with Gasteiger partial charge < -0.3 is 5.32 Å². The molecule has 0 saturated carbocycles. The van der Waals surface area contributed by atoms with Crippen LogP contribution in [0.5, 0.6) is 0 Å². The minimum atomic E-state index is 0.774. The molecule has 0 atom stereocenters. The van der Waals surface area contributed by atoms with E-state index < -0.39 is 0 Å². The lowest BCUT2D eigenvalue weighted by atomic mass is 10.0. The number of hydrogen-bond donors (Lipinski definition) is 1. The van der Waals surface area contributed by atoms with Crippen LogP contribution in [0, 0.1) is 0 Å². The Morgan fingerprint density at radius 1 is 1.05 bits per heavy atom.